The summed E-state index contributed by atoms with van der Waals surface area (Å²) in [5.74, 6) is -1.06. The Morgan fingerprint density at radius 1 is 1.63 bits per heavy atom. The van der Waals surface area contributed by atoms with Crippen molar-refractivity contribution in [1.29, 1.82) is 0 Å². The van der Waals surface area contributed by atoms with Gasteiger partial charge in [0.15, 0.2) is 0 Å². The minimum absolute atomic E-state index is 0.00151. The monoisotopic (exact) mass is 267 g/mol. The van der Waals surface area contributed by atoms with E-state index >= 15 is 0 Å². The highest BCUT2D eigenvalue weighted by Gasteiger charge is 2.19. The number of hydrogen-bond donors (Lipinski definition) is 2. The summed E-state index contributed by atoms with van der Waals surface area (Å²) in [5, 5.41) is 2.68. The fourth-order valence-corrected chi connectivity index (χ4v) is 2.01. The molecule has 2 rings (SSSR count). The SMILES string of the molecule is CN1CCOC(CNC(=O)c2ccc(N)cc2F)C1. The number of nitrogens with one attached hydrogen (secondary N) is 1. The van der Waals surface area contributed by atoms with Gasteiger partial charge in [-0.1, -0.05) is 0 Å². The van der Waals surface area contributed by atoms with Gasteiger partial charge >= 0.3 is 0 Å². The van der Waals surface area contributed by atoms with Gasteiger partial charge in [0.2, 0.25) is 0 Å². The molecule has 5 nitrogen and oxygen atoms in total. The topological polar surface area (TPSA) is 67.6 Å². The molecule has 1 atom stereocenters. The number of nitrogens with two attached hydrogens (primary N) is 1. The third kappa shape index (κ3) is 3.65. The van der Waals surface area contributed by atoms with Crippen LogP contribution < -0.4 is 11.1 Å². The summed E-state index contributed by atoms with van der Waals surface area (Å²) in [6.45, 7) is 2.65. The minimum Gasteiger partial charge on any atom is -0.399 e. The lowest BCUT2D eigenvalue weighted by Crippen LogP contribution is -2.46. The molecule has 0 bridgehead atoms. The summed E-state index contributed by atoms with van der Waals surface area (Å²) in [6, 6.07) is 4.02. The zero-order valence-corrected chi connectivity index (χ0v) is 10.9. The van der Waals surface area contributed by atoms with Crippen molar-refractivity contribution in [3.63, 3.8) is 0 Å². The molecule has 0 saturated carbocycles. The molecule has 6 heteroatoms. The molecule has 1 heterocycles. The fraction of sp³-hybridized carbons (Fsp3) is 0.462. The molecule has 1 fully saturated rings. The van der Waals surface area contributed by atoms with Gasteiger partial charge in [0.25, 0.3) is 5.91 Å². The minimum atomic E-state index is -0.612. The summed E-state index contributed by atoms with van der Waals surface area (Å²) >= 11 is 0. The Balaban J connectivity index is 1.90. The highest BCUT2D eigenvalue weighted by Crippen LogP contribution is 2.11. The summed E-state index contributed by atoms with van der Waals surface area (Å²) in [7, 11) is 2.00. The lowest BCUT2D eigenvalue weighted by atomic mass is 10.1. The lowest BCUT2D eigenvalue weighted by molar-refractivity contribution is -0.0175. The average molecular weight is 267 g/mol. The molecular weight excluding hydrogens is 249 g/mol. The Bertz CT molecular complexity index is 467. The van der Waals surface area contributed by atoms with Crippen molar-refractivity contribution in [3.05, 3.63) is 29.6 Å². The van der Waals surface area contributed by atoms with Crippen molar-refractivity contribution in [2.75, 3.05) is 39.0 Å². The first-order chi connectivity index (χ1) is 9.06. The van der Waals surface area contributed by atoms with Crippen molar-refractivity contribution >= 4 is 11.6 Å². The normalized spacial score (nSPS) is 20.2. The predicted octanol–water partition coefficient (Wildman–Crippen LogP) is 0.468. The van der Waals surface area contributed by atoms with Crippen LogP contribution in [0.2, 0.25) is 0 Å². The van der Waals surface area contributed by atoms with Crippen molar-refractivity contribution in [1.82, 2.24) is 10.2 Å². The first-order valence-corrected chi connectivity index (χ1v) is 6.19. The van der Waals surface area contributed by atoms with Gasteiger partial charge in [0.1, 0.15) is 5.82 Å². The predicted molar refractivity (Wildman–Crippen MR) is 70.4 cm³/mol. The van der Waals surface area contributed by atoms with Crippen LogP contribution in [0.1, 0.15) is 10.4 Å². The highest BCUT2D eigenvalue weighted by atomic mass is 19.1. The van der Waals surface area contributed by atoms with Crippen LogP contribution in [-0.2, 0) is 4.74 Å². The van der Waals surface area contributed by atoms with Crippen LogP contribution in [0.15, 0.2) is 18.2 Å². The molecule has 1 aliphatic rings. The molecule has 1 aliphatic heterocycles. The molecule has 1 unspecified atom stereocenters. The number of nitrogens with zero attached hydrogens (tertiary/aromatic N) is 1. The van der Waals surface area contributed by atoms with Gasteiger partial charge in [-0.15, -0.1) is 0 Å². The zero-order chi connectivity index (χ0) is 13.8. The number of rotatable bonds is 3. The van der Waals surface area contributed by atoms with Crippen LogP contribution >= 0.6 is 0 Å². The molecule has 104 valence electrons. The maximum Gasteiger partial charge on any atom is 0.254 e. The van der Waals surface area contributed by atoms with Crippen molar-refractivity contribution < 1.29 is 13.9 Å². The molecule has 1 aromatic rings. The van der Waals surface area contributed by atoms with E-state index in [1.54, 1.807) is 0 Å². The molecule has 0 radical (unpaired) electrons. The van der Waals surface area contributed by atoms with Crippen LogP contribution in [-0.4, -0.2) is 50.2 Å². The van der Waals surface area contributed by atoms with Gasteiger partial charge in [0, 0.05) is 25.3 Å². The third-order valence-corrected chi connectivity index (χ3v) is 3.07. The number of amides is 1. The quantitative estimate of drug-likeness (QED) is 0.781. The Morgan fingerprint density at radius 3 is 3.11 bits per heavy atom. The molecule has 19 heavy (non-hydrogen) atoms. The molecule has 0 aromatic heterocycles. The summed E-state index contributed by atoms with van der Waals surface area (Å²) < 4.78 is 19.1. The van der Waals surface area contributed by atoms with Crippen LogP contribution in [0.5, 0.6) is 0 Å². The number of carbonyl (C=O) groups excluding carboxylic acids is 1. The number of anilines is 1. The van der Waals surface area contributed by atoms with Gasteiger partial charge in [-0.2, -0.15) is 0 Å². The fourth-order valence-electron chi connectivity index (χ4n) is 2.01. The van der Waals surface area contributed by atoms with Crippen molar-refractivity contribution in [2.24, 2.45) is 0 Å². The summed E-state index contributed by atoms with van der Waals surface area (Å²) in [5.41, 5.74) is 5.73. The number of hydrogen-bond acceptors (Lipinski definition) is 4. The molecule has 0 aliphatic carbocycles. The van der Waals surface area contributed by atoms with E-state index in [9.17, 15) is 9.18 Å². The maximum atomic E-state index is 13.5. The smallest absolute Gasteiger partial charge is 0.254 e. The Morgan fingerprint density at radius 2 is 2.42 bits per heavy atom. The standard InChI is InChI=1S/C13H18FN3O2/c1-17-4-5-19-10(8-17)7-16-13(18)11-3-2-9(15)6-12(11)14/h2-3,6,10H,4-5,7-8,15H2,1H3,(H,16,18). The third-order valence-electron chi connectivity index (χ3n) is 3.07. The molecule has 0 spiro atoms. The number of benzene rings is 1. The Hall–Kier alpha value is -1.66. The second-order valence-corrected chi connectivity index (χ2v) is 4.70. The second kappa shape index (κ2) is 5.99. The van der Waals surface area contributed by atoms with E-state index in [0.29, 0.717) is 18.8 Å². The van der Waals surface area contributed by atoms with E-state index in [-0.39, 0.29) is 11.7 Å². The maximum absolute atomic E-state index is 13.5. The van der Waals surface area contributed by atoms with Gasteiger partial charge < -0.3 is 20.7 Å². The number of nitrogen functional groups attached to an aromatic ring is 1. The van der Waals surface area contributed by atoms with E-state index in [1.165, 1.54) is 12.1 Å². The van der Waals surface area contributed by atoms with E-state index < -0.39 is 11.7 Å². The summed E-state index contributed by atoms with van der Waals surface area (Å²) in [4.78, 5) is 14.0. The van der Waals surface area contributed by atoms with E-state index in [0.717, 1.165) is 19.2 Å². The van der Waals surface area contributed by atoms with Crippen LogP contribution in [0, 0.1) is 5.82 Å². The van der Waals surface area contributed by atoms with Crippen LogP contribution in [0.25, 0.3) is 0 Å². The van der Waals surface area contributed by atoms with Crippen molar-refractivity contribution in [2.45, 2.75) is 6.10 Å². The van der Waals surface area contributed by atoms with Gasteiger partial charge in [0.05, 0.1) is 18.3 Å². The average Bonchev–Trinajstić information content (AvgIpc) is 2.36. The van der Waals surface area contributed by atoms with E-state index in [1.807, 2.05) is 7.05 Å². The number of ether oxygens (including phenoxy) is 1. The number of likely N-dealkylation sites (N-methyl/N-ethyl adjacent to an activating group) is 1. The second-order valence-electron chi connectivity index (χ2n) is 4.70. The Labute approximate surface area is 111 Å². The summed E-state index contributed by atoms with van der Waals surface area (Å²) in [6.07, 6.45) is -0.0560. The molecular formula is C13H18FN3O2. The number of carbonyl (C=O) groups is 1. The molecule has 1 amide bonds. The van der Waals surface area contributed by atoms with Crippen molar-refractivity contribution in [3.8, 4) is 0 Å². The van der Waals surface area contributed by atoms with Crippen LogP contribution in [0.3, 0.4) is 0 Å². The van der Waals surface area contributed by atoms with E-state index in [4.69, 9.17) is 10.5 Å². The highest BCUT2D eigenvalue weighted by molar-refractivity contribution is 5.94. The lowest BCUT2D eigenvalue weighted by Gasteiger charge is -2.30. The van der Waals surface area contributed by atoms with Gasteiger partial charge in [-0.25, -0.2) is 4.39 Å². The zero-order valence-electron chi connectivity index (χ0n) is 10.9. The molecule has 1 saturated heterocycles. The molecule has 1 aromatic carbocycles. The van der Waals surface area contributed by atoms with Crippen LogP contribution in [0.4, 0.5) is 10.1 Å². The molecule has 3 N–H and O–H groups in total. The largest absolute Gasteiger partial charge is 0.399 e. The van der Waals surface area contributed by atoms with Gasteiger partial charge in [-0.05, 0) is 25.2 Å². The Kier molecular flexibility index (Phi) is 4.34. The number of halogens is 1. The van der Waals surface area contributed by atoms with Gasteiger partial charge in [-0.3, -0.25) is 4.79 Å². The van der Waals surface area contributed by atoms with E-state index in [2.05, 4.69) is 10.2 Å². The number of morpholine rings is 1. The first-order valence-electron chi connectivity index (χ1n) is 6.19. The first kappa shape index (κ1) is 13.8.